The maximum atomic E-state index is 11.2. The van der Waals surface area contributed by atoms with Crippen LogP contribution in [0.15, 0.2) is 35.9 Å². The van der Waals surface area contributed by atoms with Crippen LogP contribution in [0.5, 0.6) is 0 Å². The van der Waals surface area contributed by atoms with Crippen LogP contribution >= 0.6 is 0 Å². The van der Waals surface area contributed by atoms with Crippen molar-refractivity contribution in [3.8, 4) is 0 Å². The van der Waals surface area contributed by atoms with Gasteiger partial charge in [-0.05, 0) is 21.6 Å². The van der Waals surface area contributed by atoms with Crippen molar-refractivity contribution in [2.75, 3.05) is 0 Å². The summed E-state index contributed by atoms with van der Waals surface area (Å²) in [5.41, 5.74) is 8.42. The van der Waals surface area contributed by atoms with Gasteiger partial charge in [-0.3, -0.25) is 4.79 Å². The minimum absolute atomic E-state index is 0.335. The fourth-order valence-electron chi connectivity index (χ4n) is 2.28. The molecule has 0 aliphatic heterocycles. The van der Waals surface area contributed by atoms with Crippen LogP contribution in [0.1, 0.15) is 12.0 Å². The van der Waals surface area contributed by atoms with Gasteiger partial charge in [0, 0.05) is 12.0 Å². The number of rotatable bonds is 1. The minimum Gasteiger partial charge on any atom is -0.366 e. The summed E-state index contributed by atoms with van der Waals surface area (Å²) in [5, 5.41) is 2.41. The van der Waals surface area contributed by atoms with Crippen molar-refractivity contribution < 1.29 is 4.79 Å². The zero-order valence-electron chi connectivity index (χ0n) is 8.73. The highest BCUT2D eigenvalue weighted by Gasteiger charge is 2.13. The molecule has 2 aliphatic rings. The van der Waals surface area contributed by atoms with Gasteiger partial charge in [0.05, 0.1) is 0 Å². The third-order valence-electron chi connectivity index (χ3n) is 3.08. The maximum Gasteiger partial charge on any atom is 0.244 e. The SMILES string of the molecule is NC(=O)C1=CC=c2cccc3c2=C(C=C3)C1. The molecule has 0 bridgehead atoms. The number of hydrogen-bond donors (Lipinski definition) is 1. The van der Waals surface area contributed by atoms with Gasteiger partial charge in [0.25, 0.3) is 0 Å². The second-order valence-corrected chi connectivity index (χ2v) is 4.07. The predicted molar refractivity (Wildman–Crippen MR) is 64.5 cm³/mol. The average Bonchev–Trinajstić information content (AvgIpc) is 2.56. The summed E-state index contributed by atoms with van der Waals surface area (Å²) >= 11 is 0. The van der Waals surface area contributed by atoms with Crippen LogP contribution in [-0.4, -0.2) is 5.91 Å². The predicted octanol–water partition coefficient (Wildman–Crippen LogP) is 0.460. The topological polar surface area (TPSA) is 43.1 Å². The van der Waals surface area contributed by atoms with Gasteiger partial charge in [-0.15, -0.1) is 0 Å². The standard InChI is InChI=1S/C14H11NO/c15-14(16)12-7-5-10-3-1-2-9-4-6-11(8-12)13(9)10/h1-7H,8H2,(H2,15,16). The third-order valence-corrected chi connectivity index (χ3v) is 3.08. The Bertz CT molecular complexity index is 662. The molecule has 0 unspecified atom stereocenters. The van der Waals surface area contributed by atoms with Crippen molar-refractivity contribution in [3.05, 3.63) is 51.9 Å². The molecule has 1 aromatic rings. The van der Waals surface area contributed by atoms with Gasteiger partial charge in [0.2, 0.25) is 5.91 Å². The van der Waals surface area contributed by atoms with Crippen LogP contribution in [0.4, 0.5) is 0 Å². The highest BCUT2D eigenvalue weighted by molar-refractivity contribution is 5.96. The molecule has 2 N–H and O–H groups in total. The molecule has 2 nitrogen and oxygen atoms in total. The number of allylic oxidation sites excluding steroid dienone is 2. The summed E-state index contributed by atoms with van der Waals surface area (Å²) in [6, 6.07) is 6.18. The molecule has 0 spiro atoms. The molecule has 1 amide bonds. The molecule has 0 radical (unpaired) electrons. The van der Waals surface area contributed by atoms with Crippen molar-refractivity contribution >= 4 is 23.6 Å². The summed E-state index contributed by atoms with van der Waals surface area (Å²) in [6.45, 7) is 0. The van der Waals surface area contributed by atoms with E-state index in [1.807, 2.05) is 18.2 Å². The Balaban J connectivity index is 2.33. The Morgan fingerprint density at radius 3 is 2.88 bits per heavy atom. The highest BCUT2D eigenvalue weighted by atomic mass is 16.1. The first-order valence-electron chi connectivity index (χ1n) is 5.27. The fraction of sp³-hybridized carbons (Fsp3) is 0.0714. The van der Waals surface area contributed by atoms with Crippen molar-refractivity contribution in [2.45, 2.75) is 6.42 Å². The number of amides is 1. The zero-order chi connectivity index (χ0) is 11.1. The van der Waals surface area contributed by atoms with Gasteiger partial charge < -0.3 is 5.73 Å². The molecule has 0 aromatic heterocycles. The number of primary amides is 1. The zero-order valence-corrected chi connectivity index (χ0v) is 8.73. The van der Waals surface area contributed by atoms with Gasteiger partial charge in [-0.1, -0.05) is 42.5 Å². The van der Waals surface area contributed by atoms with E-state index < -0.39 is 0 Å². The molecule has 0 saturated carbocycles. The number of nitrogens with two attached hydrogens (primary N) is 1. The quantitative estimate of drug-likeness (QED) is 0.717. The van der Waals surface area contributed by atoms with Crippen molar-refractivity contribution in [1.29, 1.82) is 0 Å². The van der Waals surface area contributed by atoms with Crippen LogP contribution in [0.25, 0.3) is 17.7 Å². The lowest BCUT2D eigenvalue weighted by Crippen LogP contribution is -2.26. The minimum atomic E-state index is -0.335. The number of carbonyl (C=O) groups excluding carboxylic acids is 1. The van der Waals surface area contributed by atoms with E-state index in [9.17, 15) is 4.79 Å². The third kappa shape index (κ3) is 1.23. The van der Waals surface area contributed by atoms with E-state index >= 15 is 0 Å². The normalized spacial score (nSPS) is 16.2. The molecule has 2 aliphatic carbocycles. The number of hydrogen-bond acceptors (Lipinski definition) is 1. The molecule has 3 rings (SSSR count). The maximum absolute atomic E-state index is 11.2. The highest BCUT2D eigenvalue weighted by Crippen LogP contribution is 2.18. The Labute approximate surface area is 93.1 Å². The number of benzene rings is 1. The van der Waals surface area contributed by atoms with E-state index in [2.05, 4.69) is 24.3 Å². The van der Waals surface area contributed by atoms with Crippen LogP contribution in [-0.2, 0) is 4.79 Å². The van der Waals surface area contributed by atoms with E-state index in [0.717, 1.165) is 5.22 Å². The summed E-state index contributed by atoms with van der Waals surface area (Å²) in [6.07, 6.45) is 8.60. The Morgan fingerprint density at radius 2 is 2.06 bits per heavy atom. The van der Waals surface area contributed by atoms with E-state index in [1.54, 1.807) is 0 Å². The number of carbonyl (C=O) groups is 1. The van der Waals surface area contributed by atoms with Crippen LogP contribution in [0.3, 0.4) is 0 Å². The summed E-state index contributed by atoms with van der Waals surface area (Å²) in [7, 11) is 0. The lowest BCUT2D eigenvalue weighted by Gasteiger charge is -2.00. The largest absolute Gasteiger partial charge is 0.366 e. The second kappa shape index (κ2) is 3.20. The molecule has 0 saturated heterocycles. The lowest BCUT2D eigenvalue weighted by molar-refractivity contribution is -0.114. The molecular weight excluding hydrogens is 198 g/mol. The van der Waals surface area contributed by atoms with Crippen LogP contribution in [0, 0.1) is 0 Å². The van der Waals surface area contributed by atoms with Crippen molar-refractivity contribution in [2.24, 2.45) is 5.73 Å². The molecule has 0 fully saturated rings. The van der Waals surface area contributed by atoms with Gasteiger partial charge in [-0.25, -0.2) is 0 Å². The summed E-state index contributed by atoms with van der Waals surface area (Å²) < 4.78 is 0. The molecule has 16 heavy (non-hydrogen) atoms. The first-order valence-corrected chi connectivity index (χ1v) is 5.27. The summed E-state index contributed by atoms with van der Waals surface area (Å²) in [5.74, 6) is -0.335. The monoisotopic (exact) mass is 209 g/mol. The average molecular weight is 209 g/mol. The van der Waals surface area contributed by atoms with Gasteiger partial charge >= 0.3 is 0 Å². The molecule has 0 atom stereocenters. The van der Waals surface area contributed by atoms with E-state index in [0.29, 0.717) is 12.0 Å². The first kappa shape index (κ1) is 9.16. The summed E-state index contributed by atoms with van der Waals surface area (Å²) in [4.78, 5) is 11.2. The Kier molecular flexibility index (Phi) is 1.83. The molecule has 78 valence electrons. The van der Waals surface area contributed by atoms with E-state index in [4.69, 9.17) is 5.73 Å². The van der Waals surface area contributed by atoms with E-state index in [-0.39, 0.29) is 5.91 Å². The molecule has 1 aromatic carbocycles. The van der Waals surface area contributed by atoms with E-state index in [1.165, 1.54) is 16.4 Å². The molecule has 0 heterocycles. The van der Waals surface area contributed by atoms with Gasteiger partial charge in [0.15, 0.2) is 0 Å². The fourth-order valence-corrected chi connectivity index (χ4v) is 2.28. The van der Waals surface area contributed by atoms with Crippen LogP contribution < -0.4 is 16.2 Å². The molecule has 2 heteroatoms. The smallest absolute Gasteiger partial charge is 0.244 e. The second-order valence-electron chi connectivity index (χ2n) is 4.07. The van der Waals surface area contributed by atoms with Crippen LogP contribution in [0.2, 0.25) is 0 Å². The van der Waals surface area contributed by atoms with Crippen molar-refractivity contribution in [3.63, 3.8) is 0 Å². The Morgan fingerprint density at radius 1 is 1.19 bits per heavy atom. The lowest BCUT2D eigenvalue weighted by atomic mass is 10.1. The van der Waals surface area contributed by atoms with Gasteiger partial charge in [0.1, 0.15) is 0 Å². The van der Waals surface area contributed by atoms with Crippen molar-refractivity contribution in [1.82, 2.24) is 0 Å². The Hall–Kier alpha value is -2.09. The first-order chi connectivity index (χ1) is 7.75. The van der Waals surface area contributed by atoms with Gasteiger partial charge in [-0.2, -0.15) is 0 Å². The molecular formula is C14H11NO.